The van der Waals surface area contributed by atoms with E-state index in [-0.39, 0.29) is 0 Å². The molecule has 2 N–H and O–H groups in total. The zero-order valence-electron chi connectivity index (χ0n) is 16.1. The number of nitrogens with zero attached hydrogens (tertiary/aromatic N) is 3. The summed E-state index contributed by atoms with van der Waals surface area (Å²) >= 11 is 0. The van der Waals surface area contributed by atoms with E-state index in [1.165, 1.54) is 25.7 Å². The molecule has 4 aliphatic rings. The molecule has 2 heterocycles. The lowest BCUT2D eigenvalue weighted by molar-refractivity contribution is -0.171. The highest BCUT2D eigenvalue weighted by Crippen LogP contribution is 2.62. The molecule has 5 rings (SSSR count). The highest BCUT2D eigenvalue weighted by molar-refractivity contribution is 5.81. The lowest BCUT2D eigenvalue weighted by atomic mass is 9.46. The monoisotopic (exact) mass is 370 g/mol. The maximum absolute atomic E-state index is 10.1. The van der Waals surface area contributed by atoms with E-state index in [0.29, 0.717) is 29.2 Å². The van der Waals surface area contributed by atoms with E-state index in [2.05, 4.69) is 20.1 Å². The highest BCUT2D eigenvalue weighted by Gasteiger charge is 2.66. The molecule has 1 aromatic rings. The van der Waals surface area contributed by atoms with Gasteiger partial charge in [-0.1, -0.05) is 18.6 Å². The van der Waals surface area contributed by atoms with Gasteiger partial charge < -0.3 is 25.0 Å². The standard InChI is InChI=1S/C21H30N4O2/c1-22-20(23-18-15-7-14-27-19(15)21(18)8-4-9-21)25-12-10-24(11-13-25)16-5-2-3-6-17(16)26/h2-3,5-6,15,18-19,26H,4,7-14H2,1H3,(H,22,23). The summed E-state index contributed by atoms with van der Waals surface area (Å²) in [4.78, 5) is 9.24. The van der Waals surface area contributed by atoms with E-state index >= 15 is 0 Å². The second-order valence-corrected chi connectivity index (χ2v) is 8.46. The minimum Gasteiger partial charge on any atom is -0.506 e. The summed E-state index contributed by atoms with van der Waals surface area (Å²) in [5.41, 5.74) is 1.30. The number of nitrogens with one attached hydrogen (secondary N) is 1. The van der Waals surface area contributed by atoms with Crippen molar-refractivity contribution in [2.24, 2.45) is 16.3 Å². The predicted octanol–water partition coefficient (Wildman–Crippen LogP) is 2.05. The Morgan fingerprint density at radius 1 is 1.22 bits per heavy atom. The summed E-state index contributed by atoms with van der Waals surface area (Å²) in [6.07, 6.45) is 5.60. The van der Waals surface area contributed by atoms with Gasteiger partial charge in [0.2, 0.25) is 0 Å². The van der Waals surface area contributed by atoms with Crippen LogP contribution in [0.4, 0.5) is 5.69 Å². The smallest absolute Gasteiger partial charge is 0.194 e. The van der Waals surface area contributed by atoms with Crippen LogP contribution in [0.3, 0.4) is 0 Å². The quantitative estimate of drug-likeness (QED) is 0.616. The van der Waals surface area contributed by atoms with Crippen molar-refractivity contribution in [1.82, 2.24) is 10.2 Å². The number of rotatable bonds is 2. The van der Waals surface area contributed by atoms with E-state index in [1.54, 1.807) is 6.07 Å². The van der Waals surface area contributed by atoms with Gasteiger partial charge in [0.1, 0.15) is 5.75 Å². The Morgan fingerprint density at radius 3 is 2.67 bits per heavy atom. The van der Waals surface area contributed by atoms with Crippen LogP contribution in [0.5, 0.6) is 5.75 Å². The Morgan fingerprint density at radius 2 is 2.00 bits per heavy atom. The molecule has 0 bridgehead atoms. The maximum atomic E-state index is 10.1. The number of anilines is 1. The first-order valence-electron chi connectivity index (χ1n) is 10.4. The van der Waals surface area contributed by atoms with Gasteiger partial charge in [-0.25, -0.2) is 0 Å². The maximum Gasteiger partial charge on any atom is 0.194 e. The first-order chi connectivity index (χ1) is 13.2. The molecule has 0 amide bonds. The predicted molar refractivity (Wildman–Crippen MR) is 106 cm³/mol. The van der Waals surface area contributed by atoms with Gasteiger partial charge in [-0.15, -0.1) is 0 Å². The number of phenols is 1. The van der Waals surface area contributed by atoms with Crippen molar-refractivity contribution in [3.8, 4) is 5.75 Å². The van der Waals surface area contributed by atoms with Gasteiger partial charge in [0.15, 0.2) is 5.96 Å². The first-order valence-corrected chi connectivity index (χ1v) is 10.4. The minimum absolute atomic E-state index is 0.363. The second-order valence-electron chi connectivity index (χ2n) is 8.46. The van der Waals surface area contributed by atoms with Crippen molar-refractivity contribution >= 4 is 11.6 Å². The van der Waals surface area contributed by atoms with Crippen molar-refractivity contribution in [1.29, 1.82) is 0 Å². The Labute approximate surface area is 161 Å². The Kier molecular flexibility index (Phi) is 4.19. The van der Waals surface area contributed by atoms with Crippen molar-refractivity contribution < 1.29 is 9.84 Å². The lowest BCUT2D eigenvalue weighted by Gasteiger charge is -2.63. The zero-order chi connectivity index (χ0) is 18.4. The molecule has 27 heavy (non-hydrogen) atoms. The lowest BCUT2D eigenvalue weighted by Crippen LogP contribution is -2.73. The van der Waals surface area contributed by atoms with Gasteiger partial charge in [0.25, 0.3) is 0 Å². The van der Waals surface area contributed by atoms with Gasteiger partial charge in [0, 0.05) is 57.2 Å². The third kappa shape index (κ3) is 2.60. The van der Waals surface area contributed by atoms with Crippen LogP contribution in [0.1, 0.15) is 25.7 Å². The van der Waals surface area contributed by atoms with E-state index in [1.807, 2.05) is 25.2 Å². The van der Waals surface area contributed by atoms with Crippen molar-refractivity contribution in [3.05, 3.63) is 24.3 Å². The molecule has 3 atom stereocenters. The van der Waals surface area contributed by atoms with Gasteiger partial charge in [0.05, 0.1) is 11.8 Å². The molecule has 4 fully saturated rings. The number of hydrogen-bond acceptors (Lipinski definition) is 4. The molecule has 3 unspecified atom stereocenters. The van der Waals surface area contributed by atoms with Gasteiger partial charge in [-0.05, 0) is 31.4 Å². The van der Waals surface area contributed by atoms with E-state index in [9.17, 15) is 5.11 Å². The van der Waals surface area contributed by atoms with Crippen LogP contribution in [-0.2, 0) is 4.74 Å². The van der Waals surface area contributed by atoms with Crippen molar-refractivity contribution in [2.75, 3.05) is 44.7 Å². The SMILES string of the molecule is CN=C(NC1C2CCOC2C12CCC2)N1CCN(c2ccccc2O)CC1. The molecule has 2 saturated carbocycles. The normalized spacial score (nSPS) is 32.0. The van der Waals surface area contributed by atoms with Crippen LogP contribution in [0.15, 0.2) is 29.3 Å². The van der Waals surface area contributed by atoms with Gasteiger partial charge in [-0.2, -0.15) is 0 Å². The Balaban J connectivity index is 1.23. The number of piperazine rings is 1. The molecular weight excluding hydrogens is 340 g/mol. The fourth-order valence-corrected chi connectivity index (χ4v) is 5.78. The average molecular weight is 370 g/mol. The van der Waals surface area contributed by atoms with Crippen molar-refractivity contribution in [3.63, 3.8) is 0 Å². The van der Waals surface area contributed by atoms with Crippen LogP contribution < -0.4 is 10.2 Å². The summed E-state index contributed by atoms with van der Waals surface area (Å²) in [5.74, 6) is 2.06. The molecular formula is C21H30N4O2. The van der Waals surface area contributed by atoms with Gasteiger partial charge in [-0.3, -0.25) is 4.99 Å². The molecule has 1 spiro atoms. The Hall–Kier alpha value is -1.95. The van der Waals surface area contributed by atoms with Crippen LogP contribution in [-0.4, -0.2) is 67.9 Å². The van der Waals surface area contributed by atoms with Crippen molar-refractivity contribution in [2.45, 2.75) is 37.8 Å². The molecule has 2 saturated heterocycles. The topological polar surface area (TPSA) is 60.3 Å². The third-order valence-electron chi connectivity index (χ3n) is 7.33. The van der Waals surface area contributed by atoms with E-state index in [4.69, 9.17) is 4.74 Å². The average Bonchev–Trinajstić information content (AvgIpc) is 3.07. The molecule has 2 aliphatic heterocycles. The third-order valence-corrected chi connectivity index (χ3v) is 7.33. The van der Waals surface area contributed by atoms with Crippen LogP contribution in [0.25, 0.3) is 0 Å². The molecule has 1 aromatic carbocycles. The number of aliphatic imine (C=N–C) groups is 1. The summed E-state index contributed by atoms with van der Waals surface area (Å²) < 4.78 is 6.05. The second kappa shape index (κ2) is 6.59. The van der Waals surface area contributed by atoms with Gasteiger partial charge >= 0.3 is 0 Å². The largest absolute Gasteiger partial charge is 0.506 e. The van der Waals surface area contributed by atoms with E-state index < -0.39 is 0 Å². The van der Waals surface area contributed by atoms with Crippen LogP contribution in [0, 0.1) is 11.3 Å². The van der Waals surface area contributed by atoms with E-state index in [0.717, 1.165) is 44.4 Å². The Bertz CT molecular complexity index is 725. The van der Waals surface area contributed by atoms with Crippen LogP contribution in [0.2, 0.25) is 0 Å². The molecule has 0 aromatic heterocycles. The molecule has 6 heteroatoms. The summed E-state index contributed by atoms with van der Waals surface area (Å²) in [7, 11) is 1.90. The number of hydrogen-bond donors (Lipinski definition) is 2. The van der Waals surface area contributed by atoms with Crippen LogP contribution >= 0.6 is 0 Å². The summed E-state index contributed by atoms with van der Waals surface area (Å²) in [6, 6.07) is 8.13. The first kappa shape index (κ1) is 17.2. The summed E-state index contributed by atoms with van der Waals surface area (Å²) in [6.45, 7) is 4.54. The number of fused-ring (bicyclic) bond motifs is 2. The molecule has 0 radical (unpaired) electrons. The zero-order valence-corrected chi connectivity index (χ0v) is 16.1. The molecule has 2 aliphatic carbocycles. The number of aromatic hydroxyl groups is 1. The minimum atomic E-state index is 0.363. The number of para-hydroxylation sites is 2. The highest BCUT2D eigenvalue weighted by atomic mass is 16.5. The fraction of sp³-hybridized carbons (Fsp3) is 0.667. The summed E-state index contributed by atoms with van der Waals surface area (Å²) in [5, 5.41) is 13.9. The number of phenolic OH excluding ortho intramolecular Hbond substituents is 1. The number of ether oxygens (including phenoxy) is 1. The fourth-order valence-electron chi connectivity index (χ4n) is 5.78. The number of guanidine groups is 1. The molecule has 6 nitrogen and oxygen atoms in total. The molecule has 146 valence electrons. The number of benzene rings is 1.